The van der Waals surface area contributed by atoms with Crippen molar-refractivity contribution in [3.8, 4) is 5.75 Å². The zero-order valence-electron chi connectivity index (χ0n) is 14.5. The summed E-state index contributed by atoms with van der Waals surface area (Å²) in [4.78, 5) is 40.1. The predicted octanol–water partition coefficient (Wildman–Crippen LogP) is 2.24. The maximum Gasteiger partial charge on any atom is 0.366 e. The number of fused-ring (bicyclic) bond motifs is 1. The Balaban J connectivity index is 1.80. The highest BCUT2D eigenvalue weighted by Crippen LogP contribution is 2.34. The summed E-state index contributed by atoms with van der Waals surface area (Å²) in [6, 6.07) is 11.7. The van der Waals surface area contributed by atoms with E-state index in [2.05, 4.69) is 4.98 Å². The Labute approximate surface area is 154 Å². The number of nitro groups is 1. The van der Waals surface area contributed by atoms with E-state index < -0.39 is 35.3 Å². The Kier molecular flexibility index (Phi) is 5.30. The third-order valence-electron chi connectivity index (χ3n) is 3.98. The first-order valence-corrected chi connectivity index (χ1v) is 8.32. The van der Waals surface area contributed by atoms with Crippen LogP contribution in [0.1, 0.15) is 18.9 Å². The minimum atomic E-state index is -0.789. The smallest absolute Gasteiger partial charge is 0.366 e. The average molecular weight is 371 g/mol. The van der Waals surface area contributed by atoms with E-state index in [1.165, 1.54) is 12.1 Å². The number of carbonyl (C=O) groups excluding carboxylic acids is 2. The van der Waals surface area contributed by atoms with Gasteiger partial charge in [-0.05, 0) is 28.0 Å². The highest BCUT2D eigenvalue weighted by atomic mass is 16.6. The van der Waals surface area contributed by atoms with Crippen LogP contribution in [0.5, 0.6) is 5.75 Å². The maximum absolute atomic E-state index is 12.6. The molecule has 9 nitrogen and oxygen atoms in total. The molecule has 2 heterocycles. The molecule has 3 rings (SSSR count). The van der Waals surface area contributed by atoms with Crippen LogP contribution in [0.15, 0.2) is 42.5 Å². The van der Waals surface area contributed by atoms with Crippen LogP contribution < -0.4 is 9.64 Å². The largest absolute Gasteiger partial charge is 0.474 e. The first-order valence-electron chi connectivity index (χ1n) is 8.32. The Morgan fingerprint density at radius 3 is 2.70 bits per heavy atom. The third kappa shape index (κ3) is 4.02. The fraction of sp³-hybridized carbons (Fsp3) is 0.278. The first-order chi connectivity index (χ1) is 13.0. The Hall–Kier alpha value is -3.49. The summed E-state index contributed by atoms with van der Waals surface area (Å²) >= 11 is 0. The van der Waals surface area contributed by atoms with E-state index in [-0.39, 0.29) is 18.2 Å². The fourth-order valence-corrected chi connectivity index (χ4v) is 2.62. The van der Waals surface area contributed by atoms with Crippen molar-refractivity contribution in [2.24, 2.45) is 0 Å². The number of carbonyl (C=O) groups is 2. The van der Waals surface area contributed by atoms with E-state index in [1.807, 2.05) is 18.2 Å². The van der Waals surface area contributed by atoms with E-state index in [0.29, 0.717) is 6.42 Å². The molecule has 140 valence electrons. The van der Waals surface area contributed by atoms with Gasteiger partial charge in [-0.3, -0.25) is 14.5 Å². The number of nitrogens with zero attached hydrogens (tertiary/aromatic N) is 3. The topological polar surface area (TPSA) is 112 Å². The summed E-state index contributed by atoms with van der Waals surface area (Å²) < 4.78 is 10.7. The molecule has 0 bridgehead atoms. The lowest BCUT2D eigenvalue weighted by atomic mass is 10.2. The minimum absolute atomic E-state index is 0.0597. The zero-order chi connectivity index (χ0) is 19.4. The summed E-state index contributed by atoms with van der Waals surface area (Å²) in [7, 11) is 0. The van der Waals surface area contributed by atoms with Crippen molar-refractivity contribution in [3.05, 3.63) is 58.1 Å². The molecule has 1 aliphatic rings. The highest BCUT2D eigenvalue weighted by Gasteiger charge is 2.39. The molecule has 0 saturated carbocycles. The van der Waals surface area contributed by atoms with Gasteiger partial charge in [0.1, 0.15) is 13.2 Å². The number of aromatic nitrogens is 1. The second-order valence-electron chi connectivity index (χ2n) is 5.83. The second kappa shape index (κ2) is 7.81. The molecule has 0 aliphatic carbocycles. The van der Waals surface area contributed by atoms with Crippen LogP contribution in [-0.2, 0) is 20.9 Å². The molecule has 0 N–H and O–H groups in total. The van der Waals surface area contributed by atoms with Gasteiger partial charge in [-0.1, -0.05) is 37.3 Å². The summed E-state index contributed by atoms with van der Waals surface area (Å²) in [5.74, 6) is -1.43. The van der Waals surface area contributed by atoms with Gasteiger partial charge in [-0.25, -0.2) is 0 Å². The molecule has 1 aliphatic heterocycles. The fourth-order valence-electron chi connectivity index (χ4n) is 2.62. The lowest BCUT2D eigenvalue weighted by Gasteiger charge is -2.29. The van der Waals surface area contributed by atoms with Gasteiger partial charge in [0.25, 0.3) is 11.7 Å². The van der Waals surface area contributed by atoms with E-state index in [9.17, 15) is 19.7 Å². The molecule has 1 unspecified atom stereocenters. The minimum Gasteiger partial charge on any atom is -0.474 e. The van der Waals surface area contributed by atoms with Crippen LogP contribution >= 0.6 is 0 Å². The van der Waals surface area contributed by atoms with Gasteiger partial charge < -0.3 is 19.6 Å². The van der Waals surface area contributed by atoms with Gasteiger partial charge in [0.05, 0.1) is 0 Å². The van der Waals surface area contributed by atoms with Crippen molar-refractivity contribution in [1.82, 2.24) is 4.98 Å². The molecule has 27 heavy (non-hydrogen) atoms. The van der Waals surface area contributed by atoms with Gasteiger partial charge in [0.15, 0.2) is 11.9 Å². The first kappa shape index (κ1) is 18.3. The molecule has 0 radical (unpaired) electrons. The molecule has 2 aromatic rings. The van der Waals surface area contributed by atoms with Crippen molar-refractivity contribution in [3.63, 3.8) is 0 Å². The van der Waals surface area contributed by atoms with Gasteiger partial charge in [0, 0.05) is 6.07 Å². The van der Waals surface area contributed by atoms with E-state index in [0.717, 1.165) is 10.5 Å². The highest BCUT2D eigenvalue weighted by molar-refractivity contribution is 6.02. The number of rotatable bonds is 6. The number of esters is 1. The summed E-state index contributed by atoms with van der Waals surface area (Å²) in [6.45, 7) is 1.41. The average Bonchev–Trinajstić information content (AvgIpc) is 2.68. The molecule has 1 aromatic heterocycles. The third-order valence-corrected chi connectivity index (χ3v) is 3.98. The van der Waals surface area contributed by atoms with Crippen LogP contribution in [-0.4, -0.2) is 34.4 Å². The number of ether oxygens (including phenoxy) is 2. The van der Waals surface area contributed by atoms with E-state index in [1.54, 1.807) is 19.1 Å². The second-order valence-corrected chi connectivity index (χ2v) is 5.83. The van der Waals surface area contributed by atoms with E-state index >= 15 is 0 Å². The SMILES string of the molecule is CCC1Oc2ccc([N+](=O)[O-])nc2N(CC(=O)OCc2ccccc2)C1=O. The maximum atomic E-state index is 12.6. The van der Waals surface area contributed by atoms with Crippen LogP contribution in [0, 0.1) is 10.1 Å². The Morgan fingerprint density at radius 2 is 2.04 bits per heavy atom. The number of pyridine rings is 1. The molecule has 0 spiro atoms. The van der Waals surface area contributed by atoms with Crippen molar-refractivity contribution >= 4 is 23.5 Å². The van der Waals surface area contributed by atoms with E-state index in [4.69, 9.17) is 9.47 Å². The lowest BCUT2D eigenvalue weighted by molar-refractivity contribution is -0.389. The number of anilines is 1. The molecular formula is C18H17N3O6. The van der Waals surface area contributed by atoms with Crippen molar-refractivity contribution in [2.75, 3.05) is 11.4 Å². The zero-order valence-corrected chi connectivity index (χ0v) is 14.5. The molecule has 1 amide bonds. The lowest BCUT2D eigenvalue weighted by Crippen LogP contribution is -2.48. The van der Waals surface area contributed by atoms with Gasteiger partial charge in [0.2, 0.25) is 0 Å². The number of benzene rings is 1. The standard InChI is InChI=1S/C18H17N3O6/c1-2-13-18(23)20(10-16(22)26-11-12-6-4-3-5-7-12)17-14(27-13)8-9-15(19-17)21(24)25/h3-9,13H,2,10-11H2,1H3. The Bertz CT molecular complexity index is 871. The summed E-state index contributed by atoms with van der Waals surface area (Å²) in [5.41, 5.74) is 0.805. The molecular weight excluding hydrogens is 354 g/mol. The quantitative estimate of drug-likeness (QED) is 0.435. The van der Waals surface area contributed by atoms with Crippen LogP contribution in [0.3, 0.4) is 0 Å². The predicted molar refractivity (Wildman–Crippen MR) is 94.2 cm³/mol. The molecule has 0 fully saturated rings. The van der Waals surface area contributed by atoms with Gasteiger partial charge >= 0.3 is 11.8 Å². The van der Waals surface area contributed by atoms with Crippen molar-refractivity contribution < 1.29 is 24.0 Å². The Morgan fingerprint density at radius 1 is 1.30 bits per heavy atom. The number of hydrogen-bond donors (Lipinski definition) is 0. The summed E-state index contributed by atoms with van der Waals surface area (Å²) in [5, 5.41) is 11.0. The molecule has 9 heteroatoms. The van der Waals surface area contributed by atoms with Crippen LogP contribution in [0.2, 0.25) is 0 Å². The van der Waals surface area contributed by atoms with Gasteiger partial charge in [-0.15, -0.1) is 0 Å². The molecule has 0 saturated heterocycles. The monoisotopic (exact) mass is 371 g/mol. The molecule has 1 aromatic carbocycles. The molecule has 1 atom stereocenters. The van der Waals surface area contributed by atoms with Crippen molar-refractivity contribution in [1.29, 1.82) is 0 Å². The number of amides is 1. The van der Waals surface area contributed by atoms with Crippen molar-refractivity contribution in [2.45, 2.75) is 26.1 Å². The normalized spacial score (nSPS) is 15.7. The van der Waals surface area contributed by atoms with Gasteiger partial charge in [-0.2, -0.15) is 0 Å². The van der Waals surface area contributed by atoms with Crippen LogP contribution in [0.4, 0.5) is 11.6 Å². The summed E-state index contributed by atoms with van der Waals surface area (Å²) in [6.07, 6.45) is -0.409. The number of hydrogen-bond acceptors (Lipinski definition) is 7. The van der Waals surface area contributed by atoms with Crippen LogP contribution in [0.25, 0.3) is 0 Å².